The van der Waals surface area contributed by atoms with E-state index in [9.17, 15) is 4.79 Å². The van der Waals surface area contributed by atoms with Crippen molar-refractivity contribution in [2.45, 2.75) is 66.5 Å². The van der Waals surface area contributed by atoms with Gasteiger partial charge in [0.15, 0.2) is 0 Å². The highest BCUT2D eigenvalue weighted by Gasteiger charge is 2.26. The van der Waals surface area contributed by atoms with Crippen LogP contribution in [0.15, 0.2) is 0 Å². The number of carbonyl (C=O) groups excluding carboxylic acids is 1. The number of nitrogens with one attached hydrogen (secondary N) is 1. The molecular formula is C14H30N2O. The highest BCUT2D eigenvalue weighted by Crippen LogP contribution is 2.23. The summed E-state index contributed by atoms with van der Waals surface area (Å²) in [4.78, 5) is 13.9. The van der Waals surface area contributed by atoms with E-state index in [1.807, 2.05) is 11.9 Å². The summed E-state index contributed by atoms with van der Waals surface area (Å²) in [5.41, 5.74) is 0.139. The maximum absolute atomic E-state index is 12.0. The molecule has 0 saturated heterocycles. The Labute approximate surface area is 107 Å². The molecule has 102 valence electrons. The van der Waals surface area contributed by atoms with Crippen LogP contribution >= 0.6 is 0 Å². The summed E-state index contributed by atoms with van der Waals surface area (Å²) in [5, 5.41) is 3.33. The van der Waals surface area contributed by atoms with Crippen molar-refractivity contribution in [3.05, 3.63) is 0 Å². The normalized spacial score (nSPS) is 13.9. The lowest BCUT2D eigenvalue weighted by atomic mass is 9.87. The molecule has 1 unspecified atom stereocenters. The van der Waals surface area contributed by atoms with Crippen LogP contribution < -0.4 is 5.32 Å². The molecule has 0 fully saturated rings. The van der Waals surface area contributed by atoms with Gasteiger partial charge in [-0.3, -0.25) is 4.79 Å². The van der Waals surface area contributed by atoms with Crippen LogP contribution in [0.4, 0.5) is 0 Å². The van der Waals surface area contributed by atoms with Gasteiger partial charge in [-0.15, -0.1) is 0 Å². The van der Waals surface area contributed by atoms with Crippen LogP contribution in [0.25, 0.3) is 0 Å². The SMILES string of the molecule is CC(C)NCCCC(=O)N(C)C(C)C(C)(C)C. The van der Waals surface area contributed by atoms with E-state index in [2.05, 4.69) is 46.9 Å². The van der Waals surface area contributed by atoms with Crippen molar-refractivity contribution in [1.29, 1.82) is 0 Å². The predicted octanol–water partition coefficient (Wildman–Crippen LogP) is 2.66. The van der Waals surface area contributed by atoms with Gasteiger partial charge in [-0.2, -0.15) is 0 Å². The molecule has 0 aliphatic rings. The van der Waals surface area contributed by atoms with Crippen molar-refractivity contribution in [2.75, 3.05) is 13.6 Å². The van der Waals surface area contributed by atoms with Gasteiger partial charge in [-0.05, 0) is 25.3 Å². The zero-order chi connectivity index (χ0) is 13.6. The molecule has 3 heteroatoms. The molecule has 0 saturated carbocycles. The minimum Gasteiger partial charge on any atom is -0.343 e. The van der Waals surface area contributed by atoms with E-state index in [1.54, 1.807) is 0 Å². The molecule has 0 radical (unpaired) electrons. The van der Waals surface area contributed by atoms with Crippen LogP contribution in [-0.4, -0.2) is 36.5 Å². The highest BCUT2D eigenvalue weighted by molar-refractivity contribution is 5.76. The average molecular weight is 242 g/mol. The van der Waals surface area contributed by atoms with Crippen LogP contribution in [0.1, 0.15) is 54.4 Å². The number of nitrogens with zero attached hydrogens (tertiary/aromatic N) is 1. The van der Waals surface area contributed by atoms with Crippen LogP contribution in [0, 0.1) is 5.41 Å². The van der Waals surface area contributed by atoms with Gasteiger partial charge in [0, 0.05) is 25.6 Å². The Balaban J connectivity index is 3.98. The van der Waals surface area contributed by atoms with Gasteiger partial charge in [0.05, 0.1) is 0 Å². The van der Waals surface area contributed by atoms with Gasteiger partial charge in [-0.1, -0.05) is 34.6 Å². The Morgan fingerprint density at radius 3 is 2.18 bits per heavy atom. The molecule has 0 bridgehead atoms. The molecular weight excluding hydrogens is 212 g/mol. The van der Waals surface area contributed by atoms with Gasteiger partial charge in [0.25, 0.3) is 0 Å². The summed E-state index contributed by atoms with van der Waals surface area (Å²) in [6.07, 6.45) is 1.55. The fourth-order valence-corrected chi connectivity index (χ4v) is 1.60. The van der Waals surface area contributed by atoms with Gasteiger partial charge >= 0.3 is 0 Å². The minimum absolute atomic E-state index is 0.139. The Kier molecular flexibility index (Phi) is 6.76. The number of rotatable bonds is 6. The largest absolute Gasteiger partial charge is 0.343 e. The lowest BCUT2D eigenvalue weighted by Gasteiger charge is -2.35. The average Bonchev–Trinajstić information content (AvgIpc) is 2.20. The second-order valence-corrected chi connectivity index (χ2v) is 6.26. The zero-order valence-electron chi connectivity index (χ0n) is 12.6. The maximum atomic E-state index is 12.0. The van der Waals surface area contributed by atoms with Crippen LogP contribution in [-0.2, 0) is 4.79 Å². The van der Waals surface area contributed by atoms with Crippen LogP contribution in [0.3, 0.4) is 0 Å². The van der Waals surface area contributed by atoms with Gasteiger partial charge in [0.2, 0.25) is 5.91 Å². The third-order valence-electron chi connectivity index (χ3n) is 3.35. The summed E-state index contributed by atoms with van der Waals surface area (Å²) in [6.45, 7) is 13.8. The Hall–Kier alpha value is -0.570. The van der Waals surface area contributed by atoms with E-state index in [4.69, 9.17) is 0 Å². The Morgan fingerprint density at radius 1 is 1.24 bits per heavy atom. The third-order valence-corrected chi connectivity index (χ3v) is 3.35. The molecule has 3 nitrogen and oxygen atoms in total. The van der Waals surface area contributed by atoms with Gasteiger partial charge in [0.1, 0.15) is 0 Å². The fraction of sp³-hybridized carbons (Fsp3) is 0.929. The van der Waals surface area contributed by atoms with Gasteiger partial charge < -0.3 is 10.2 Å². The summed E-state index contributed by atoms with van der Waals surface area (Å²) < 4.78 is 0. The Bertz CT molecular complexity index is 231. The molecule has 0 aliphatic heterocycles. The molecule has 0 aromatic carbocycles. The maximum Gasteiger partial charge on any atom is 0.222 e. The van der Waals surface area contributed by atoms with Crippen molar-refractivity contribution >= 4 is 5.91 Å². The molecule has 1 N–H and O–H groups in total. The second kappa shape index (κ2) is 7.00. The number of amides is 1. The summed E-state index contributed by atoms with van der Waals surface area (Å²) in [5.74, 6) is 0.248. The zero-order valence-corrected chi connectivity index (χ0v) is 12.6. The van der Waals surface area contributed by atoms with Crippen molar-refractivity contribution < 1.29 is 4.79 Å². The first-order valence-electron chi connectivity index (χ1n) is 6.65. The van der Waals surface area contributed by atoms with Crippen LogP contribution in [0.5, 0.6) is 0 Å². The summed E-state index contributed by atoms with van der Waals surface area (Å²) in [6, 6.07) is 0.768. The number of carbonyl (C=O) groups is 1. The Morgan fingerprint density at radius 2 is 1.76 bits per heavy atom. The first-order valence-corrected chi connectivity index (χ1v) is 6.65. The van der Waals surface area contributed by atoms with E-state index in [0.29, 0.717) is 12.5 Å². The van der Waals surface area contributed by atoms with Crippen molar-refractivity contribution in [3.63, 3.8) is 0 Å². The lowest BCUT2D eigenvalue weighted by molar-refractivity contribution is -0.133. The van der Waals surface area contributed by atoms with E-state index < -0.39 is 0 Å². The van der Waals surface area contributed by atoms with Crippen LogP contribution in [0.2, 0.25) is 0 Å². The predicted molar refractivity (Wildman–Crippen MR) is 74.1 cm³/mol. The van der Waals surface area contributed by atoms with E-state index in [0.717, 1.165) is 13.0 Å². The highest BCUT2D eigenvalue weighted by atomic mass is 16.2. The van der Waals surface area contributed by atoms with E-state index >= 15 is 0 Å². The monoisotopic (exact) mass is 242 g/mol. The molecule has 0 aromatic rings. The third kappa shape index (κ3) is 6.67. The molecule has 0 aliphatic carbocycles. The lowest BCUT2D eigenvalue weighted by Crippen LogP contribution is -2.43. The first-order chi connectivity index (χ1) is 7.66. The molecule has 1 atom stereocenters. The van der Waals surface area contributed by atoms with Crippen molar-refractivity contribution in [3.8, 4) is 0 Å². The quantitative estimate of drug-likeness (QED) is 0.726. The van der Waals surface area contributed by atoms with Gasteiger partial charge in [-0.25, -0.2) is 0 Å². The minimum atomic E-state index is 0.139. The molecule has 0 aromatic heterocycles. The smallest absolute Gasteiger partial charge is 0.222 e. The first kappa shape index (κ1) is 16.4. The van der Waals surface area contributed by atoms with E-state index in [-0.39, 0.29) is 17.4 Å². The van der Waals surface area contributed by atoms with Crippen molar-refractivity contribution in [2.24, 2.45) is 5.41 Å². The molecule has 17 heavy (non-hydrogen) atoms. The molecule has 0 spiro atoms. The standard InChI is InChI=1S/C14H30N2O/c1-11(2)15-10-8-9-13(17)16(7)12(3)14(4,5)6/h11-12,15H,8-10H2,1-7H3. The summed E-state index contributed by atoms with van der Waals surface area (Å²) >= 11 is 0. The number of hydrogen-bond acceptors (Lipinski definition) is 2. The topological polar surface area (TPSA) is 32.3 Å². The second-order valence-electron chi connectivity index (χ2n) is 6.26. The summed E-state index contributed by atoms with van der Waals surface area (Å²) in [7, 11) is 1.91. The van der Waals surface area contributed by atoms with Crippen molar-refractivity contribution in [1.82, 2.24) is 10.2 Å². The molecule has 0 rings (SSSR count). The van der Waals surface area contributed by atoms with E-state index in [1.165, 1.54) is 0 Å². The fourth-order valence-electron chi connectivity index (χ4n) is 1.60. The number of hydrogen-bond donors (Lipinski definition) is 1. The molecule has 0 heterocycles. The molecule has 1 amide bonds.